The first kappa shape index (κ1) is 20.3. The number of hydrogen-bond acceptors (Lipinski definition) is 6. The van der Waals surface area contributed by atoms with Crippen LogP contribution in [0.25, 0.3) is 0 Å². The summed E-state index contributed by atoms with van der Waals surface area (Å²) in [6.07, 6.45) is 3.49. The van der Waals surface area contributed by atoms with E-state index < -0.39 is 0 Å². The van der Waals surface area contributed by atoms with Crippen molar-refractivity contribution in [2.75, 3.05) is 23.3 Å². The SMILES string of the molecule is Cc1cc(N2CCC(Nc3cnn(Cc4ccccc4)c(=O)c3Cl)CC2)nc(C)n1. The van der Waals surface area contributed by atoms with Crippen molar-refractivity contribution in [2.24, 2.45) is 0 Å². The predicted molar refractivity (Wildman–Crippen MR) is 119 cm³/mol. The largest absolute Gasteiger partial charge is 0.380 e. The van der Waals surface area contributed by atoms with Crippen LogP contribution in [-0.2, 0) is 6.54 Å². The van der Waals surface area contributed by atoms with Crippen molar-refractivity contribution in [1.29, 1.82) is 0 Å². The summed E-state index contributed by atoms with van der Waals surface area (Å²) in [5.41, 5.74) is 2.30. The lowest BCUT2D eigenvalue weighted by atomic mass is 10.0. The molecule has 1 fully saturated rings. The molecule has 0 atom stereocenters. The van der Waals surface area contributed by atoms with Crippen LogP contribution in [0.4, 0.5) is 11.5 Å². The number of rotatable bonds is 5. The van der Waals surface area contributed by atoms with Gasteiger partial charge in [-0.25, -0.2) is 14.6 Å². The molecule has 4 rings (SSSR count). The molecule has 1 aromatic carbocycles. The van der Waals surface area contributed by atoms with E-state index in [0.717, 1.165) is 48.8 Å². The Labute approximate surface area is 180 Å². The van der Waals surface area contributed by atoms with Gasteiger partial charge in [0.25, 0.3) is 5.56 Å². The van der Waals surface area contributed by atoms with Crippen LogP contribution in [0.2, 0.25) is 5.02 Å². The van der Waals surface area contributed by atoms with Gasteiger partial charge in [-0.3, -0.25) is 4.79 Å². The van der Waals surface area contributed by atoms with Crippen LogP contribution in [0.5, 0.6) is 0 Å². The van der Waals surface area contributed by atoms with Gasteiger partial charge in [-0.15, -0.1) is 0 Å². The number of halogens is 1. The Morgan fingerprint density at radius 2 is 1.87 bits per heavy atom. The standard InChI is InChI=1S/C22H25ClN6O/c1-15-12-20(26-16(2)25-15)28-10-8-18(9-11-28)27-19-13-24-29(22(30)21(19)23)14-17-6-4-3-5-7-17/h3-7,12-13,18,27H,8-11,14H2,1-2H3. The highest BCUT2D eigenvalue weighted by molar-refractivity contribution is 6.32. The molecule has 7 nitrogen and oxygen atoms in total. The maximum absolute atomic E-state index is 12.6. The van der Waals surface area contributed by atoms with E-state index in [1.54, 1.807) is 6.20 Å². The molecule has 1 saturated heterocycles. The van der Waals surface area contributed by atoms with Crippen LogP contribution < -0.4 is 15.8 Å². The molecule has 0 aliphatic carbocycles. The highest BCUT2D eigenvalue weighted by Crippen LogP contribution is 2.23. The van der Waals surface area contributed by atoms with Crippen molar-refractivity contribution in [1.82, 2.24) is 19.7 Å². The quantitative estimate of drug-likeness (QED) is 0.676. The molecule has 0 unspecified atom stereocenters. The summed E-state index contributed by atoms with van der Waals surface area (Å²) in [5.74, 6) is 1.76. The van der Waals surface area contributed by atoms with E-state index in [-0.39, 0.29) is 16.6 Å². The Bertz CT molecular complexity index is 1060. The minimum Gasteiger partial charge on any atom is -0.380 e. The summed E-state index contributed by atoms with van der Waals surface area (Å²) >= 11 is 6.38. The van der Waals surface area contributed by atoms with E-state index in [1.165, 1.54) is 4.68 Å². The Hall–Kier alpha value is -2.93. The first-order chi connectivity index (χ1) is 14.5. The van der Waals surface area contributed by atoms with E-state index >= 15 is 0 Å². The fourth-order valence-corrected chi connectivity index (χ4v) is 3.97. The lowest BCUT2D eigenvalue weighted by molar-refractivity contribution is 0.522. The summed E-state index contributed by atoms with van der Waals surface area (Å²) in [5, 5.41) is 7.91. The third kappa shape index (κ3) is 4.62. The van der Waals surface area contributed by atoms with Crippen LogP contribution in [0.1, 0.15) is 29.9 Å². The summed E-state index contributed by atoms with van der Waals surface area (Å²) in [6, 6.07) is 12.0. The lowest BCUT2D eigenvalue weighted by Gasteiger charge is -2.33. The van der Waals surface area contributed by atoms with Crippen molar-refractivity contribution in [3.05, 3.63) is 75.1 Å². The first-order valence-corrected chi connectivity index (χ1v) is 10.5. The Morgan fingerprint density at radius 3 is 2.57 bits per heavy atom. The molecule has 1 aliphatic heterocycles. The second kappa shape index (κ2) is 8.83. The fraction of sp³-hybridized carbons (Fsp3) is 0.364. The zero-order chi connectivity index (χ0) is 21.1. The molecular weight excluding hydrogens is 400 g/mol. The lowest BCUT2D eigenvalue weighted by Crippen LogP contribution is -2.40. The van der Waals surface area contributed by atoms with Gasteiger partial charge in [0.1, 0.15) is 16.7 Å². The average molecular weight is 425 g/mol. The van der Waals surface area contributed by atoms with Crippen LogP contribution in [-0.4, -0.2) is 38.9 Å². The highest BCUT2D eigenvalue weighted by Gasteiger charge is 2.22. The minimum atomic E-state index is -0.283. The van der Waals surface area contributed by atoms with Gasteiger partial charge in [0.05, 0.1) is 18.4 Å². The van der Waals surface area contributed by atoms with E-state index in [1.807, 2.05) is 50.2 Å². The first-order valence-electron chi connectivity index (χ1n) is 10.1. The maximum Gasteiger partial charge on any atom is 0.287 e. The molecule has 0 saturated carbocycles. The van der Waals surface area contributed by atoms with Crippen LogP contribution in [0.15, 0.2) is 47.4 Å². The highest BCUT2D eigenvalue weighted by atomic mass is 35.5. The van der Waals surface area contributed by atoms with Gasteiger partial charge < -0.3 is 10.2 Å². The van der Waals surface area contributed by atoms with Crippen molar-refractivity contribution in [3.63, 3.8) is 0 Å². The topological polar surface area (TPSA) is 75.9 Å². The number of nitrogens with zero attached hydrogens (tertiary/aromatic N) is 5. The summed E-state index contributed by atoms with van der Waals surface area (Å²) < 4.78 is 1.39. The number of aromatic nitrogens is 4. The molecule has 3 aromatic rings. The number of hydrogen-bond donors (Lipinski definition) is 1. The van der Waals surface area contributed by atoms with Gasteiger partial charge in [-0.05, 0) is 32.3 Å². The zero-order valence-electron chi connectivity index (χ0n) is 17.2. The third-order valence-electron chi connectivity index (χ3n) is 5.29. The summed E-state index contributed by atoms with van der Waals surface area (Å²) in [4.78, 5) is 23.8. The van der Waals surface area contributed by atoms with Crippen LogP contribution >= 0.6 is 11.6 Å². The van der Waals surface area contributed by atoms with Crippen molar-refractivity contribution < 1.29 is 0 Å². The van der Waals surface area contributed by atoms with E-state index in [9.17, 15) is 4.79 Å². The van der Waals surface area contributed by atoms with E-state index in [2.05, 4.69) is 25.3 Å². The molecule has 0 spiro atoms. The number of anilines is 2. The normalized spacial score (nSPS) is 14.7. The number of nitrogens with one attached hydrogen (secondary N) is 1. The molecule has 30 heavy (non-hydrogen) atoms. The maximum atomic E-state index is 12.6. The number of benzene rings is 1. The van der Waals surface area contributed by atoms with Gasteiger partial charge >= 0.3 is 0 Å². The Kier molecular flexibility index (Phi) is 5.99. The minimum absolute atomic E-state index is 0.186. The fourth-order valence-electron chi connectivity index (χ4n) is 3.77. The monoisotopic (exact) mass is 424 g/mol. The van der Waals surface area contributed by atoms with Gasteiger partial charge in [0, 0.05) is 30.9 Å². The van der Waals surface area contributed by atoms with Gasteiger partial charge in [-0.1, -0.05) is 41.9 Å². The number of aryl methyl sites for hydroxylation is 2. The zero-order valence-corrected chi connectivity index (χ0v) is 17.9. The molecule has 2 aromatic heterocycles. The molecule has 0 radical (unpaired) electrons. The Morgan fingerprint density at radius 1 is 1.13 bits per heavy atom. The molecule has 3 heterocycles. The average Bonchev–Trinajstić information content (AvgIpc) is 2.74. The van der Waals surface area contributed by atoms with E-state index in [4.69, 9.17) is 11.6 Å². The van der Waals surface area contributed by atoms with Crippen molar-refractivity contribution in [2.45, 2.75) is 39.3 Å². The third-order valence-corrected chi connectivity index (χ3v) is 5.66. The molecule has 0 amide bonds. The molecule has 8 heteroatoms. The molecule has 1 aliphatic rings. The van der Waals surface area contributed by atoms with Gasteiger partial charge in [0.15, 0.2) is 0 Å². The predicted octanol–water partition coefficient (Wildman–Crippen LogP) is 3.43. The van der Waals surface area contributed by atoms with E-state index in [0.29, 0.717) is 12.2 Å². The summed E-state index contributed by atoms with van der Waals surface area (Å²) in [6.45, 7) is 6.06. The van der Waals surface area contributed by atoms with Crippen LogP contribution in [0.3, 0.4) is 0 Å². The number of piperidine rings is 1. The summed E-state index contributed by atoms with van der Waals surface area (Å²) in [7, 11) is 0. The van der Waals surface area contributed by atoms with Crippen LogP contribution in [0, 0.1) is 13.8 Å². The molecule has 1 N–H and O–H groups in total. The van der Waals surface area contributed by atoms with Gasteiger partial charge in [-0.2, -0.15) is 5.10 Å². The Balaban J connectivity index is 1.40. The smallest absolute Gasteiger partial charge is 0.287 e. The van der Waals surface area contributed by atoms with Crippen molar-refractivity contribution in [3.8, 4) is 0 Å². The second-order valence-corrected chi connectivity index (χ2v) is 8.02. The van der Waals surface area contributed by atoms with Crippen molar-refractivity contribution >= 4 is 23.1 Å². The molecular formula is C22H25ClN6O. The molecule has 156 valence electrons. The second-order valence-electron chi connectivity index (χ2n) is 7.64. The van der Waals surface area contributed by atoms with Gasteiger partial charge in [0.2, 0.25) is 0 Å². The molecule has 0 bridgehead atoms.